The summed E-state index contributed by atoms with van der Waals surface area (Å²) < 4.78 is 45.8. The van der Waals surface area contributed by atoms with Gasteiger partial charge in [-0.3, -0.25) is 9.78 Å². The number of benzene rings is 2. The summed E-state index contributed by atoms with van der Waals surface area (Å²) in [4.78, 5) is 21.6. The van der Waals surface area contributed by atoms with Gasteiger partial charge in [-0.25, -0.2) is 4.99 Å². The molecular formula is C26H24F3N3O2. The number of rotatable bonds is 5. The van der Waals surface area contributed by atoms with Crippen molar-refractivity contribution in [1.82, 2.24) is 4.98 Å². The Balaban J connectivity index is 1.80. The molecule has 0 atom stereocenters. The lowest BCUT2D eigenvalue weighted by atomic mass is 9.97. The van der Waals surface area contributed by atoms with Gasteiger partial charge in [-0.05, 0) is 55.2 Å². The molecule has 2 aromatic carbocycles. The van der Waals surface area contributed by atoms with Gasteiger partial charge in [0, 0.05) is 23.5 Å². The first-order valence-electron chi connectivity index (χ1n) is 11.0. The minimum atomic E-state index is -4.63. The molecule has 0 saturated carbocycles. The molecule has 0 aliphatic carbocycles. The number of aliphatic imine (C=N–C) groups is 1. The molecule has 1 N–H and O–H groups in total. The molecular weight excluding hydrogens is 443 g/mol. The maximum Gasteiger partial charge on any atom is 0.420 e. The van der Waals surface area contributed by atoms with E-state index in [2.05, 4.69) is 15.3 Å². The van der Waals surface area contributed by atoms with Crippen molar-refractivity contribution in [2.45, 2.75) is 39.8 Å². The number of halogens is 3. The highest BCUT2D eigenvalue weighted by atomic mass is 19.4. The highest BCUT2D eigenvalue weighted by molar-refractivity contribution is 6.17. The van der Waals surface area contributed by atoms with Crippen LogP contribution in [-0.4, -0.2) is 23.2 Å². The van der Waals surface area contributed by atoms with Gasteiger partial charge in [-0.2, -0.15) is 13.2 Å². The number of anilines is 1. The smallest absolute Gasteiger partial charge is 0.420 e. The summed E-state index contributed by atoms with van der Waals surface area (Å²) in [7, 11) is 0. The Morgan fingerprint density at radius 1 is 1.09 bits per heavy atom. The van der Waals surface area contributed by atoms with Crippen LogP contribution in [0.1, 0.15) is 42.7 Å². The Morgan fingerprint density at radius 2 is 1.85 bits per heavy atom. The van der Waals surface area contributed by atoms with Gasteiger partial charge in [-0.1, -0.05) is 25.1 Å². The molecule has 176 valence electrons. The van der Waals surface area contributed by atoms with E-state index < -0.39 is 17.6 Å². The first-order chi connectivity index (χ1) is 16.2. The SMILES string of the molecule is CCOc1cc2c(cc1C(F)(F)F)NC(=O)CC(c1cccc(-c3cnc(CC)cc3C)c1)=N2. The number of carbonyl (C=O) groups excluding carboxylic acids is 1. The third-order valence-corrected chi connectivity index (χ3v) is 5.60. The number of hydrogen-bond acceptors (Lipinski definition) is 4. The summed E-state index contributed by atoms with van der Waals surface area (Å²) in [6, 6.07) is 11.7. The zero-order valence-electron chi connectivity index (χ0n) is 19.1. The van der Waals surface area contributed by atoms with E-state index in [-0.39, 0.29) is 30.2 Å². The van der Waals surface area contributed by atoms with Crippen LogP contribution in [0, 0.1) is 6.92 Å². The first kappa shape index (κ1) is 23.5. The van der Waals surface area contributed by atoms with Gasteiger partial charge in [0.2, 0.25) is 5.91 Å². The van der Waals surface area contributed by atoms with E-state index in [1.807, 2.05) is 50.4 Å². The fourth-order valence-corrected chi connectivity index (χ4v) is 3.93. The molecule has 8 heteroatoms. The Hall–Kier alpha value is -3.68. The number of hydrogen-bond donors (Lipinski definition) is 1. The summed E-state index contributed by atoms with van der Waals surface area (Å²) in [6.07, 6.45) is -2.03. The molecule has 1 aliphatic heterocycles. The lowest BCUT2D eigenvalue weighted by Crippen LogP contribution is -2.15. The predicted octanol–water partition coefficient (Wildman–Crippen LogP) is 6.50. The van der Waals surface area contributed by atoms with Crippen molar-refractivity contribution in [2.75, 3.05) is 11.9 Å². The number of aryl methyl sites for hydroxylation is 2. The molecule has 0 bridgehead atoms. The monoisotopic (exact) mass is 467 g/mol. The summed E-state index contributed by atoms with van der Waals surface area (Å²) in [6.45, 7) is 5.74. The van der Waals surface area contributed by atoms with Crippen molar-refractivity contribution in [3.8, 4) is 16.9 Å². The number of amides is 1. The van der Waals surface area contributed by atoms with E-state index in [9.17, 15) is 18.0 Å². The zero-order valence-corrected chi connectivity index (χ0v) is 19.1. The van der Waals surface area contributed by atoms with E-state index in [0.29, 0.717) is 11.3 Å². The fourth-order valence-electron chi connectivity index (χ4n) is 3.93. The lowest BCUT2D eigenvalue weighted by Gasteiger charge is -2.16. The number of fused-ring (bicyclic) bond motifs is 1. The van der Waals surface area contributed by atoms with Gasteiger partial charge in [0.05, 0.1) is 35.7 Å². The number of nitrogens with zero attached hydrogens (tertiary/aromatic N) is 2. The largest absolute Gasteiger partial charge is 0.493 e. The first-order valence-corrected chi connectivity index (χ1v) is 11.0. The van der Waals surface area contributed by atoms with Gasteiger partial charge in [0.15, 0.2) is 0 Å². The molecule has 0 spiro atoms. The van der Waals surface area contributed by atoms with Crippen LogP contribution in [0.3, 0.4) is 0 Å². The summed E-state index contributed by atoms with van der Waals surface area (Å²) in [5.74, 6) is -0.759. The van der Waals surface area contributed by atoms with Crippen molar-refractivity contribution in [2.24, 2.45) is 4.99 Å². The average molecular weight is 467 g/mol. The highest BCUT2D eigenvalue weighted by Crippen LogP contribution is 2.43. The topological polar surface area (TPSA) is 63.6 Å². The number of pyridine rings is 1. The van der Waals surface area contributed by atoms with Crippen LogP contribution in [0.25, 0.3) is 11.1 Å². The van der Waals surface area contributed by atoms with E-state index in [4.69, 9.17) is 4.74 Å². The molecule has 3 aromatic rings. The number of alkyl halides is 3. The van der Waals surface area contributed by atoms with Crippen LogP contribution in [0.2, 0.25) is 0 Å². The maximum absolute atomic E-state index is 13.5. The average Bonchev–Trinajstić information content (AvgIpc) is 2.95. The normalized spacial score (nSPS) is 13.6. The quantitative estimate of drug-likeness (QED) is 0.466. The van der Waals surface area contributed by atoms with Gasteiger partial charge in [0.1, 0.15) is 5.75 Å². The molecule has 1 aliphatic rings. The second-order valence-electron chi connectivity index (χ2n) is 8.00. The minimum Gasteiger partial charge on any atom is -0.493 e. The van der Waals surface area contributed by atoms with Crippen molar-refractivity contribution in [3.05, 3.63) is 71.0 Å². The van der Waals surface area contributed by atoms with Crippen LogP contribution in [0.15, 0.2) is 53.7 Å². The van der Waals surface area contributed by atoms with Crippen LogP contribution in [-0.2, 0) is 17.4 Å². The molecule has 0 radical (unpaired) electrons. The number of nitrogens with one attached hydrogen (secondary N) is 1. The van der Waals surface area contributed by atoms with Gasteiger partial charge >= 0.3 is 6.18 Å². The highest BCUT2D eigenvalue weighted by Gasteiger charge is 2.36. The molecule has 1 aromatic heterocycles. The number of carbonyl (C=O) groups is 1. The van der Waals surface area contributed by atoms with Gasteiger partial charge in [0.25, 0.3) is 0 Å². The van der Waals surface area contributed by atoms with Crippen molar-refractivity contribution >= 4 is 23.0 Å². The van der Waals surface area contributed by atoms with Crippen molar-refractivity contribution < 1.29 is 22.7 Å². The summed E-state index contributed by atoms with van der Waals surface area (Å²) in [5.41, 5.74) is 4.39. The zero-order chi connectivity index (χ0) is 24.5. The second-order valence-corrected chi connectivity index (χ2v) is 8.00. The number of ether oxygens (including phenoxy) is 1. The summed E-state index contributed by atoms with van der Waals surface area (Å²) in [5, 5.41) is 2.55. The molecule has 1 amide bonds. The fraction of sp³-hybridized carbons (Fsp3) is 0.269. The van der Waals surface area contributed by atoms with E-state index in [1.165, 1.54) is 6.07 Å². The van der Waals surface area contributed by atoms with Gasteiger partial charge in [-0.15, -0.1) is 0 Å². The molecule has 34 heavy (non-hydrogen) atoms. The molecule has 0 saturated heterocycles. The molecule has 0 fully saturated rings. The van der Waals surface area contributed by atoms with Crippen LogP contribution in [0.5, 0.6) is 5.75 Å². The predicted molar refractivity (Wildman–Crippen MR) is 126 cm³/mol. The Bertz CT molecular complexity index is 1280. The summed E-state index contributed by atoms with van der Waals surface area (Å²) >= 11 is 0. The Kier molecular flexibility index (Phi) is 6.41. The Morgan fingerprint density at radius 3 is 2.53 bits per heavy atom. The second kappa shape index (κ2) is 9.29. The van der Waals surface area contributed by atoms with E-state index in [0.717, 1.165) is 34.9 Å². The van der Waals surface area contributed by atoms with Crippen LogP contribution < -0.4 is 10.1 Å². The number of aromatic nitrogens is 1. The maximum atomic E-state index is 13.5. The Labute approximate surface area is 195 Å². The third kappa shape index (κ3) is 4.81. The molecule has 0 unspecified atom stereocenters. The molecule has 4 rings (SSSR count). The standard InChI is InChI=1S/C26H24F3N3O2/c1-4-18-9-15(3)19(14-30-18)16-7-6-8-17(10-16)21-13-25(33)32-22-11-20(26(27,28)29)24(34-5-2)12-23(22)31-21/h6-12,14H,4-5,13H2,1-3H3,(H,32,33). The molecule has 5 nitrogen and oxygen atoms in total. The minimum absolute atomic E-state index is 0.00197. The lowest BCUT2D eigenvalue weighted by molar-refractivity contribution is -0.138. The van der Waals surface area contributed by atoms with Crippen LogP contribution >= 0.6 is 0 Å². The van der Waals surface area contributed by atoms with Gasteiger partial charge < -0.3 is 10.1 Å². The molecule has 2 heterocycles. The third-order valence-electron chi connectivity index (χ3n) is 5.60. The van der Waals surface area contributed by atoms with Crippen LogP contribution in [0.4, 0.5) is 24.5 Å². The van der Waals surface area contributed by atoms with Crippen molar-refractivity contribution in [3.63, 3.8) is 0 Å². The van der Waals surface area contributed by atoms with Crippen molar-refractivity contribution in [1.29, 1.82) is 0 Å². The van der Waals surface area contributed by atoms with E-state index >= 15 is 0 Å². The van der Waals surface area contributed by atoms with E-state index in [1.54, 1.807) is 6.92 Å².